The summed E-state index contributed by atoms with van der Waals surface area (Å²) in [6, 6.07) is 8.53. The number of ether oxygens (including phenoxy) is 2. The van der Waals surface area contributed by atoms with Crippen LogP contribution in [0.25, 0.3) is 0 Å². The third-order valence-electron chi connectivity index (χ3n) is 3.47. The predicted octanol–water partition coefficient (Wildman–Crippen LogP) is 3.52. The Morgan fingerprint density at radius 1 is 1.22 bits per heavy atom. The molecule has 0 spiro atoms. The molecule has 1 heterocycles. The van der Waals surface area contributed by atoms with Crippen LogP contribution in [0.3, 0.4) is 0 Å². The monoisotopic (exact) mass is 379 g/mol. The van der Waals surface area contributed by atoms with Gasteiger partial charge >= 0.3 is 5.97 Å². The predicted molar refractivity (Wildman–Crippen MR) is 90.0 cm³/mol. The van der Waals surface area contributed by atoms with Gasteiger partial charge in [0.05, 0.1) is 25.5 Å². The van der Waals surface area contributed by atoms with Crippen LogP contribution >= 0.6 is 15.9 Å². The van der Waals surface area contributed by atoms with E-state index in [0.29, 0.717) is 17.9 Å². The van der Waals surface area contributed by atoms with Gasteiger partial charge in [-0.15, -0.1) is 0 Å². The van der Waals surface area contributed by atoms with Crippen LogP contribution in [0, 0.1) is 0 Å². The molecule has 0 aliphatic carbocycles. The number of nitrogens with zero attached hydrogens (tertiary/aromatic N) is 1. The van der Waals surface area contributed by atoms with Gasteiger partial charge in [-0.05, 0) is 59.0 Å². The van der Waals surface area contributed by atoms with Gasteiger partial charge in [-0.25, -0.2) is 9.78 Å². The molecular weight excluding hydrogens is 362 g/mol. The Hall–Kier alpha value is -2.08. The number of rotatable bonds is 6. The summed E-state index contributed by atoms with van der Waals surface area (Å²) in [6.45, 7) is 0. The number of pyridine rings is 1. The van der Waals surface area contributed by atoms with Crippen molar-refractivity contribution in [3.05, 3.63) is 51.6 Å². The quantitative estimate of drug-likeness (QED) is 0.777. The van der Waals surface area contributed by atoms with Crippen LogP contribution in [0.2, 0.25) is 0 Å². The van der Waals surface area contributed by atoms with E-state index in [2.05, 4.69) is 25.7 Å². The van der Waals surface area contributed by atoms with Crippen LogP contribution in [-0.4, -0.2) is 30.3 Å². The third kappa shape index (κ3) is 4.45. The van der Waals surface area contributed by atoms with Gasteiger partial charge in [-0.3, -0.25) is 0 Å². The molecule has 0 fully saturated rings. The lowest BCUT2D eigenvalue weighted by molar-refractivity contribution is 0.0600. The maximum Gasteiger partial charge on any atom is 0.337 e. The summed E-state index contributed by atoms with van der Waals surface area (Å²) in [5, 5.41) is 10.0. The summed E-state index contributed by atoms with van der Waals surface area (Å²) in [7, 11) is 2.90. The number of methoxy groups -OCH3 is 2. The highest BCUT2D eigenvalue weighted by Gasteiger charge is 2.10. The zero-order chi connectivity index (χ0) is 16.8. The van der Waals surface area contributed by atoms with Crippen molar-refractivity contribution in [2.75, 3.05) is 14.2 Å². The second kappa shape index (κ2) is 7.97. The van der Waals surface area contributed by atoms with Crippen molar-refractivity contribution in [2.24, 2.45) is 0 Å². The van der Waals surface area contributed by atoms with Crippen LogP contribution in [-0.2, 0) is 17.6 Å². The fourth-order valence-corrected chi connectivity index (χ4v) is 2.64. The lowest BCUT2D eigenvalue weighted by atomic mass is 10.0. The fourth-order valence-electron chi connectivity index (χ4n) is 2.22. The van der Waals surface area contributed by atoms with Crippen molar-refractivity contribution in [1.82, 2.24) is 4.98 Å². The van der Waals surface area contributed by atoms with Crippen molar-refractivity contribution in [2.45, 2.75) is 19.3 Å². The van der Waals surface area contributed by atoms with Gasteiger partial charge in [0, 0.05) is 10.5 Å². The lowest BCUT2D eigenvalue weighted by Gasteiger charge is -2.08. The Morgan fingerprint density at radius 3 is 2.65 bits per heavy atom. The molecule has 0 saturated carbocycles. The summed E-state index contributed by atoms with van der Waals surface area (Å²) in [6.07, 6.45) is 2.23. The highest BCUT2D eigenvalue weighted by atomic mass is 79.9. The van der Waals surface area contributed by atoms with Crippen LogP contribution in [0.1, 0.15) is 28.0 Å². The molecule has 0 bridgehead atoms. The Morgan fingerprint density at radius 2 is 2.00 bits per heavy atom. The van der Waals surface area contributed by atoms with E-state index in [-0.39, 0.29) is 5.75 Å². The normalized spacial score (nSPS) is 10.4. The van der Waals surface area contributed by atoms with E-state index in [1.807, 2.05) is 6.07 Å². The van der Waals surface area contributed by atoms with E-state index in [0.717, 1.165) is 28.6 Å². The number of phenolic OH excluding ortho intramolecular Hbond substituents is 1. The summed E-state index contributed by atoms with van der Waals surface area (Å²) >= 11 is 3.48. The van der Waals surface area contributed by atoms with Crippen LogP contribution < -0.4 is 4.74 Å². The van der Waals surface area contributed by atoms with Crippen molar-refractivity contribution in [3.8, 4) is 11.6 Å². The molecule has 23 heavy (non-hydrogen) atoms. The largest absolute Gasteiger partial charge is 0.508 e. The first kappa shape index (κ1) is 17.3. The average Bonchev–Trinajstić information content (AvgIpc) is 2.57. The minimum absolute atomic E-state index is 0.102. The number of phenols is 1. The summed E-state index contributed by atoms with van der Waals surface area (Å²) < 4.78 is 10.7. The maximum absolute atomic E-state index is 11.4. The smallest absolute Gasteiger partial charge is 0.337 e. The number of hydrogen-bond donors (Lipinski definition) is 1. The van der Waals surface area contributed by atoms with Crippen molar-refractivity contribution in [3.63, 3.8) is 0 Å². The second-order valence-corrected chi connectivity index (χ2v) is 5.83. The molecule has 0 atom stereocenters. The van der Waals surface area contributed by atoms with E-state index in [1.54, 1.807) is 25.3 Å². The fraction of sp³-hybridized carbons (Fsp3) is 0.294. The minimum Gasteiger partial charge on any atom is -0.508 e. The first-order valence-corrected chi connectivity index (χ1v) is 7.94. The van der Waals surface area contributed by atoms with Crippen molar-refractivity contribution >= 4 is 21.9 Å². The van der Waals surface area contributed by atoms with Gasteiger partial charge in [-0.1, -0.05) is 6.07 Å². The molecule has 2 rings (SSSR count). The standard InChI is InChI=1S/C17H18BrNO4/c1-22-16-9-8-13(18)14(19-16)5-3-4-11-6-7-12(10-15(11)20)17(21)23-2/h6-10,20H,3-5H2,1-2H3. The number of aromatic nitrogens is 1. The minimum atomic E-state index is -0.462. The number of aromatic hydroxyl groups is 1. The average molecular weight is 380 g/mol. The number of aryl methyl sites for hydroxylation is 2. The Balaban J connectivity index is 2.00. The molecule has 0 aliphatic heterocycles. The summed E-state index contributed by atoms with van der Waals surface area (Å²) in [5.41, 5.74) is 2.04. The number of carbonyl (C=O) groups excluding carboxylic acids is 1. The zero-order valence-electron chi connectivity index (χ0n) is 13.0. The molecule has 5 nitrogen and oxygen atoms in total. The van der Waals surface area contributed by atoms with Gasteiger partial charge in [0.15, 0.2) is 0 Å². The highest BCUT2D eigenvalue weighted by Crippen LogP contribution is 2.23. The second-order valence-electron chi connectivity index (χ2n) is 4.97. The number of hydrogen-bond acceptors (Lipinski definition) is 5. The molecule has 2 aromatic rings. The van der Waals surface area contributed by atoms with E-state index in [1.165, 1.54) is 13.2 Å². The summed E-state index contributed by atoms with van der Waals surface area (Å²) in [5.74, 6) is 0.218. The van der Waals surface area contributed by atoms with E-state index >= 15 is 0 Å². The van der Waals surface area contributed by atoms with E-state index in [9.17, 15) is 9.90 Å². The molecule has 0 unspecified atom stereocenters. The number of carbonyl (C=O) groups is 1. The summed E-state index contributed by atoms with van der Waals surface area (Å²) in [4.78, 5) is 15.8. The molecule has 1 N–H and O–H groups in total. The highest BCUT2D eigenvalue weighted by molar-refractivity contribution is 9.10. The molecule has 6 heteroatoms. The Bertz CT molecular complexity index is 703. The van der Waals surface area contributed by atoms with Gasteiger partial charge < -0.3 is 14.6 Å². The SMILES string of the molecule is COC(=O)c1ccc(CCCc2nc(OC)ccc2Br)c(O)c1. The van der Waals surface area contributed by atoms with E-state index < -0.39 is 5.97 Å². The molecule has 0 radical (unpaired) electrons. The number of esters is 1. The topological polar surface area (TPSA) is 68.7 Å². The molecular formula is C17H18BrNO4. The molecule has 0 aliphatic rings. The number of benzene rings is 1. The van der Waals surface area contributed by atoms with Crippen LogP contribution in [0.5, 0.6) is 11.6 Å². The molecule has 122 valence electrons. The van der Waals surface area contributed by atoms with Gasteiger partial charge in [0.1, 0.15) is 5.75 Å². The third-order valence-corrected chi connectivity index (χ3v) is 4.19. The van der Waals surface area contributed by atoms with Gasteiger partial charge in [0.25, 0.3) is 0 Å². The van der Waals surface area contributed by atoms with Gasteiger partial charge in [-0.2, -0.15) is 0 Å². The molecule has 1 aromatic heterocycles. The van der Waals surface area contributed by atoms with E-state index in [4.69, 9.17) is 4.74 Å². The lowest BCUT2D eigenvalue weighted by Crippen LogP contribution is -2.01. The van der Waals surface area contributed by atoms with Crippen LogP contribution in [0.15, 0.2) is 34.8 Å². The van der Waals surface area contributed by atoms with Crippen molar-refractivity contribution in [1.29, 1.82) is 0 Å². The first-order valence-electron chi connectivity index (χ1n) is 7.14. The first-order chi connectivity index (χ1) is 11.0. The zero-order valence-corrected chi connectivity index (χ0v) is 14.6. The van der Waals surface area contributed by atoms with Crippen LogP contribution in [0.4, 0.5) is 0 Å². The van der Waals surface area contributed by atoms with Crippen molar-refractivity contribution < 1.29 is 19.4 Å². The molecule has 0 amide bonds. The maximum atomic E-state index is 11.4. The Kier molecular flexibility index (Phi) is 5.98. The molecule has 1 aromatic carbocycles. The molecule has 0 saturated heterocycles. The van der Waals surface area contributed by atoms with Gasteiger partial charge in [0.2, 0.25) is 5.88 Å². The number of halogens is 1. The Labute approximate surface area is 143 Å².